The van der Waals surface area contributed by atoms with Crippen LogP contribution in [0.2, 0.25) is 0 Å². The van der Waals surface area contributed by atoms with Crippen LogP contribution < -0.4 is 10.6 Å². The average Bonchev–Trinajstić information content (AvgIpc) is 3.55. The van der Waals surface area contributed by atoms with E-state index < -0.39 is 24.2 Å². The van der Waals surface area contributed by atoms with Crippen LogP contribution in [-0.4, -0.2) is 31.6 Å². The molecule has 4 aromatic rings. The maximum absolute atomic E-state index is 13.8. The Labute approximate surface area is 198 Å². The highest BCUT2D eigenvalue weighted by Gasteiger charge is 2.47. The van der Waals surface area contributed by atoms with Crippen LogP contribution in [0.1, 0.15) is 51.6 Å². The number of carbonyl (C=O) groups is 1. The van der Waals surface area contributed by atoms with E-state index in [-0.39, 0.29) is 17.8 Å². The lowest BCUT2D eigenvalue weighted by Gasteiger charge is -2.32. The van der Waals surface area contributed by atoms with Crippen molar-refractivity contribution in [3.8, 4) is 0 Å². The maximum atomic E-state index is 13.8. The van der Waals surface area contributed by atoms with Gasteiger partial charge in [0.25, 0.3) is 5.91 Å². The number of alkyl halides is 3. The van der Waals surface area contributed by atoms with Gasteiger partial charge in [0.05, 0.1) is 42.1 Å². The zero-order valence-electron chi connectivity index (χ0n) is 19.0. The Hall–Kier alpha value is -4.02. The van der Waals surface area contributed by atoms with Gasteiger partial charge in [-0.05, 0) is 31.5 Å². The summed E-state index contributed by atoms with van der Waals surface area (Å²) in [6, 6.07) is 10.3. The second-order valence-corrected chi connectivity index (χ2v) is 8.50. The molecule has 8 nitrogen and oxygen atoms in total. The number of furan rings is 1. The van der Waals surface area contributed by atoms with Gasteiger partial charge in [0.15, 0.2) is 6.04 Å². The van der Waals surface area contributed by atoms with Crippen LogP contribution in [0.15, 0.2) is 59.3 Å². The zero-order chi connectivity index (χ0) is 24.7. The number of benzene rings is 1. The molecule has 4 heterocycles. The topological polar surface area (TPSA) is 89.9 Å². The predicted molar refractivity (Wildman–Crippen MR) is 122 cm³/mol. The van der Waals surface area contributed by atoms with Crippen LogP contribution in [-0.2, 0) is 6.54 Å². The molecule has 1 amide bonds. The van der Waals surface area contributed by atoms with Crippen molar-refractivity contribution in [1.82, 2.24) is 19.6 Å². The first kappa shape index (κ1) is 22.8. The first-order valence-electron chi connectivity index (χ1n) is 11.1. The Morgan fingerprint density at radius 2 is 1.97 bits per heavy atom. The van der Waals surface area contributed by atoms with Gasteiger partial charge in [-0.15, -0.1) is 0 Å². The van der Waals surface area contributed by atoms with Crippen LogP contribution in [0.5, 0.6) is 0 Å². The number of rotatable bonds is 5. The molecule has 0 saturated carbocycles. The molecule has 0 bridgehead atoms. The minimum absolute atomic E-state index is 0.00474. The Bertz CT molecular complexity index is 1340. The molecular weight excluding hydrogens is 461 g/mol. The largest absolute Gasteiger partial charge is 0.467 e. The molecule has 0 unspecified atom stereocenters. The van der Waals surface area contributed by atoms with E-state index in [1.165, 1.54) is 6.26 Å². The maximum Gasteiger partial charge on any atom is 0.410 e. The van der Waals surface area contributed by atoms with Crippen molar-refractivity contribution >= 4 is 17.4 Å². The van der Waals surface area contributed by atoms with E-state index in [0.717, 1.165) is 22.1 Å². The Morgan fingerprint density at radius 1 is 1.20 bits per heavy atom. The van der Waals surface area contributed by atoms with E-state index in [9.17, 15) is 18.0 Å². The number of halogens is 3. The second kappa shape index (κ2) is 8.64. The summed E-state index contributed by atoms with van der Waals surface area (Å²) in [5.74, 6) is -0.235. The molecule has 11 heteroatoms. The monoisotopic (exact) mass is 484 g/mol. The number of hydrogen-bond acceptors (Lipinski definition) is 5. The third kappa shape index (κ3) is 4.29. The number of nitrogens with zero attached hydrogens (tertiary/aromatic N) is 4. The Morgan fingerprint density at radius 3 is 2.66 bits per heavy atom. The minimum atomic E-state index is -4.55. The van der Waals surface area contributed by atoms with Crippen LogP contribution in [0.25, 0.3) is 0 Å². The number of aryl methyl sites for hydroxylation is 1. The first-order valence-corrected chi connectivity index (χ1v) is 11.1. The van der Waals surface area contributed by atoms with Crippen molar-refractivity contribution < 1.29 is 22.4 Å². The van der Waals surface area contributed by atoms with Crippen LogP contribution >= 0.6 is 0 Å². The predicted octanol–water partition coefficient (Wildman–Crippen LogP) is 5.25. The fraction of sp³-hybridized carbons (Fsp3) is 0.292. The van der Waals surface area contributed by atoms with E-state index in [4.69, 9.17) is 4.42 Å². The molecule has 0 spiro atoms. The molecule has 1 aromatic carbocycles. The Kier molecular flexibility index (Phi) is 5.62. The number of nitrogens with one attached hydrogen (secondary N) is 2. The van der Waals surface area contributed by atoms with Gasteiger partial charge >= 0.3 is 6.18 Å². The van der Waals surface area contributed by atoms with Crippen LogP contribution in [0, 0.1) is 13.8 Å². The third-order valence-corrected chi connectivity index (χ3v) is 6.16. The van der Waals surface area contributed by atoms with Crippen LogP contribution in [0.4, 0.5) is 24.7 Å². The molecule has 0 fully saturated rings. The number of aromatic nitrogens is 4. The quantitative estimate of drug-likeness (QED) is 0.404. The lowest BCUT2D eigenvalue weighted by Crippen LogP contribution is -2.36. The summed E-state index contributed by atoms with van der Waals surface area (Å²) < 4.78 is 49.5. The molecule has 3 aromatic heterocycles. The summed E-state index contributed by atoms with van der Waals surface area (Å²) in [6.45, 7) is 4.12. The van der Waals surface area contributed by atoms with Gasteiger partial charge in [-0.3, -0.25) is 9.48 Å². The van der Waals surface area contributed by atoms with Crippen molar-refractivity contribution in [3.05, 3.63) is 83.2 Å². The standard InChI is InChI=1S/C24H23F3N6O2/c1-14-21(15(2)32(31-14)13-16-7-4-3-5-8-16)30-23(34)17-12-28-33-20(24(25,26)27)11-18(29-22(17)33)19-9-6-10-35-19/h3-10,12,18,20,29H,11,13H2,1-2H3,(H,30,34)/t18-,20+/m0/s1. The Balaban J connectivity index is 1.43. The zero-order valence-corrected chi connectivity index (χ0v) is 19.0. The normalized spacial score (nSPS) is 17.6. The fourth-order valence-electron chi connectivity index (χ4n) is 4.37. The highest BCUT2D eigenvalue weighted by Crippen LogP contribution is 2.44. The van der Waals surface area contributed by atoms with E-state index in [0.29, 0.717) is 23.7 Å². The van der Waals surface area contributed by atoms with Crippen molar-refractivity contribution in [2.75, 3.05) is 10.6 Å². The molecule has 5 rings (SSSR count). The summed E-state index contributed by atoms with van der Waals surface area (Å²) >= 11 is 0. The third-order valence-electron chi connectivity index (χ3n) is 6.16. The van der Waals surface area contributed by atoms with Gasteiger partial charge in [0.1, 0.15) is 17.1 Å². The van der Waals surface area contributed by atoms with E-state index >= 15 is 0 Å². The van der Waals surface area contributed by atoms with Crippen molar-refractivity contribution in [2.45, 2.75) is 45.1 Å². The van der Waals surface area contributed by atoms with E-state index in [2.05, 4.69) is 20.8 Å². The van der Waals surface area contributed by atoms with Crippen molar-refractivity contribution in [1.29, 1.82) is 0 Å². The highest BCUT2D eigenvalue weighted by atomic mass is 19.4. The number of anilines is 2. The van der Waals surface area contributed by atoms with Gasteiger partial charge in [0, 0.05) is 6.42 Å². The molecule has 1 aliphatic rings. The molecule has 2 N–H and O–H groups in total. The fourth-order valence-corrected chi connectivity index (χ4v) is 4.37. The smallest absolute Gasteiger partial charge is 0.410 e. The molecule has 1 aliphatic heterocycles. The molecule has 182 valence electrons. The van der Waals surface area contributed by atoms with E-state index in [1.807, 2.05) is 37.3 Å². The summed E-state index contributed by atoms with van der Waals surface area (Å²) in [7, 11) is 0. The average molecular weight is 484 g/mol. The SMILES string of the molecule is Cc1nn(Cc2ccccc2)c(C)c1NC(=O)c1cnn2c1N[C@H](c1ccco1)C[C@@H]2C(F)(F)F. The molecule has 0 saturated heterocycles. The summed E-state index contributed by atoms with van der Waals surface area (Å²) in [6.07, 6.45) is -2.30. The number of carbonyl (C=O) groups excluding carboxylic acids is 1. The molecule has 2 atom stereocenters. The van der Waals surface area contributed by atoms with Gasteiger partial charge in [-0.1, -0.05) is 30.3 Å². The first-order chi connectivity index (χ1) is 16.7. The minimum Gasteiger partial charge on any atom is -0.467 e. The van der Waals surface area contributed by atoms with Crippen molar-refractivity contribution in [2.24, 2.45) is 0 Å². The molecule has 0 radical (unpaired) electrons. The molecule has 35 heavy (non-hydrogen) atoms. The summed E-state index contributed by atoms with van der Waals surface area (Å²) in [5, 5.41) is 14.3. The van der Waals surface area contributed by atoms with Crippen molar-refractivity contribution in [3.63, 3.8) is 0 Å². The number of fused-ring (bicyclic) bond motifs is 1. The van der Waals surface area contributed by atoms with E-state index in [1.54, 1.807) is 23.7 Å². The lowest BCUT2D eigenvalue weighted by atomic mass is 10.0. The molecular formula is C24H23F3N6O2. The molecule has 0 aliphatic carbocycles. The number of amides is 1. The highest BCUT2D eigenvalue weighted by molar-refractivity contribution is 6.08. The second-order valence-electron chi connectivity index (χ2n) is 8.50. The summed E-state index contributed by atoms with van der Waals surface area (Å²) in [5.41, 5.74) is 2.90. The van der Waals surface area contributed by atoms with Gasteiger partial charge < -0.3 is 15.1 Å². The summed E-state index contributed by atoms with van der Waals surface area (Å²) in [4.78, 5) is 13.2. The van der Waals surface area contributed by atoms with Crippen LogP contribution in [0.3, 0.4) is 0 Å². The van der Waals surface area contributed by atoms with Gasteiger partial charge in [-0.25, -0.2) is 4.68 Å². The number of hydrogen-bond donors (Lipinski definition) is 2. The lowest BCUT2D eigenvalue weighted by molar-refractivity contribution is -0.174. The van der Waals surface area contributed by atoms with Gasteiger partial charge in [0.2, 0.25) is 0 Å². The van der Waals surface area contributed by atoms with Gasteiger partial charge in [-0.2, -0.15) is 23.4 Å².